The minimum absolute atomic E-state index is 0.652. The number of rotatable bonds is 8. The lowest BCUT2D eigenvalue weighted by atomic mass is 10.2. The Hall–Kier alpha value is 0. The third-order valence-corrected chi connectivity index (χ3v) is 3.06. The van der Waals surface area contributed by atoms with Gasteiger partial charge in [-0.25, -0.2) is 0 Å². The Morgan fingerprint density at radius 1 is 1.47 bits per heavy atom. The first-order valence-corrected chi connectivity index (χ1v) is 7.00. The fourth-order valence-electron chi connectivity index (χ4n) is 1.09. The van der Waals surface area contributed by atoms with Crippen molar-refractivity contribution in [3.63, 3.8) is 0 Å². The Labute approximate surface area is 103 Å². The maximum absolute atomic E-state index is 5.14. The van der Waals surface area contributed by atoms with Crippen LogP contribution in [-0.4, -0.2) is 43.9 Å². The summed E-state index contributed by atoms with van der Waals surface area (Å²) in [4.78, 5) is 0. The SMILES string of the molecule is COCCCNC(=S)NCC(C)CSC. The average Bonchev–Trinajstić information content (AvgIpc) is 2.22. The standard InChI is InChI=1S/C10H22N2OS2/c1-9(8-15-3)7-12-10(14)11-5-4-6-13-2/h9H,4-8H2,1-3H3,(H2,11,12,14). The number of hydrogen-bond donors (Lipinski definition) is 2. The highest BCUT2D eigenvalue weighted by Crippen LogP contribution is 2.02. The van der Waals surface area contributed by atoms with Gasteiger partial charge in [-0.2, -0.15) is 11.8 Å². The summed E-state index contributed by atoms with van der Waals surface area (Å²) < 4.78 is 4.95. The van der Waals surface area contributed by atoms with E-state index in [-0.39, 0.29) is 0 Å². The Morgan fingerprint density at radius 3 is 2.80 bits per heavy atom. The third-order valence-electron chi connectivity index (χ3n) is 1.87. The molecule has 0 aliphatic carbocycles. The van der Waals surface area contributed by atoms with Crippen LogP contribution in [0.1, 0.15) is 13.3 Å². The Morgan fingerprint density at radius 2 is 2.20 bits per heavy atom. The molecule has 0 heterocycles. The molecule has 1 unspecified atom stereocenters. The van der Waals surface area contributed by atoms with E-state index in [9.17, 15) is 0 Å². The third kappa shape index (κ3) is 10.3. The van der Waals surface area contributed by atoms with Crippen molar-refractivity contribution < 1.29 is 4.74 Å². The van der Waals surface area contributed by atoms with Crippen LogP contribution in [0.5, 0.6) is 0 Å². The summed E-state index contributed by atoms with van der Waals surface area (Å²) in [7, 11) is 1.71. The molecule has 2 N–H and O–H groups in total. The molecule has 0 aromatic heterocycles. The molecule has 1 atom stereocenters. The zero-order valence-electron chi connectivity index (χ0n) is 9.84. The highest BCUT2D eigenvalue weighted by molar-refractivity contribution is 7.98. The molecular formula is C10H22N2OS2. The van der Waals surface area contributed by atoms with E-state index < -0.39 is 0 Å². The summed E-state index contributed by atoms with van der Waals surface area (Å²) >= 11 is 7.00. The van der Waals surface area contributed by atoms with Gasteiger partial charge in [0.15, 0.2) is 5.11 Å². The number of thiocarbonyl (C=S) groups is 1. The van der Waals surface area contributed by atoms with Crippen LogP contribution in [0.4, 0.5) is 0 Å². The Bertz CT molecular complexity index is 168. The van der Waals surface area contributed by atoms with Crippen molar-refractivity contribution in [1.29, 1.82) is 0 Å². The number of nitrogens with one attached hydrogen (secondary N) is 2. The van der Waals surface area contributed by atoms with E-state index in [2.05, 4.69) is 23.8 Å². The molecule has 90 valence electrons. The second-order valence-corrected chi connectivity index (χ2v) is 4.86. The molecule has 3 nitrogen and oxygen atoms in total. The summed E-state index contributed by atoms with van der Waals surface area (Å²) in [5.74, 6) is 1.82. The van der Waals surface area contributed by atoms with Crippen LogP contribution in [0.3, 0.4) is 0 Å². The van der Waals surface area contributed by atoms with Gasteiger partial charge in [0.1, 0.15) is 0 Å². The van der Waals surface area contributed by atoms with Crippen molar-refractivity contribution in [3.8, 4) is 0 Å². The van der Waals surface area contributed by atoms with E-state index in [1.54, 1.807) is 7.11 Å². The predicted molar refractivity (Wildman–Crippen MR) is 72.6 cm³/mol. The van der Waals surface area contributed by atoms with Crippen LogP contribution in [0.15, 0.2) is 0 Å². The van der Waals surface area contributed by atoms with Gasteiger partial charge in [0.2, 0.25) is 0 Å². The van der Waals surface area contributed by atoms with E-state index >= 15 is 0 Å². The van der Waals surface area contributed by atoms with Crippen molar-refractivity contribution in [3.05, 3.63) is 0 Å². The van der Waals surface area contributed by atoms with E-state index in [4.69, 9.17) is 17.0 Å². The molecule has 0 aliphatic rings. The number of hydrogen-bond acceptors (Lipinski definition) is 3. The molecule has 15 heavy (non-hydrogen) atoms. The quantitative estimate of drug-likeness (QED) is 0.504. The fourth-order valence-corrected chi connectivity index (χ4v) is 1.96. The van der Waals surface area contributed by atoms with Gasteiger partial charge in [-0.15, -0.1) is 0 Å². The highest BCUT2D eigenvalue weighted by atomic mass is 32.2. The van der Waals surface area contributed by atoms with Crippen LogP contribution in [0.2, 0.25) is 0 Å². The first-order valence-electron chi connectivity index (χ1n) is 5.20. The number of methoxy groups -OCH3 is 1. The maximum Gasteiger partial charge on any atom is 0.166 e. The summed E-state index contributed by atoms with van der Waals surface area (Å²) in [5, 5.41) is 7.11. The molecule has 0 saturated carbocycles. The molecule has 0 saturated heterocycles. The van der Waals surface area contributed by atoms with Gasteiger partial charge in [0, 0.05) is 26.8 Å². The van der Waals surface area contributed by atoms with Crippen LogP contribution in [-0.2, 0) is 4.74 Å². The van der Waals surface area contributed by atoms with Gasteiger partial charge >= 0.3 is 0 Å². The van der Waals surface area contributed by atoms with E-state index in [0.717, 1.165) is 31.2 Å². The van der Waals surface area contributed by atoms with E-state index in [0.29, 0.717) is 5.92 Å². The molecule has 0 fully saturated rings. The van der Waals surface area contributed by atoms with Crippen molar-refractivity contribution in [2.45, 2.75) is 13.3 Å². The highest BCUT2D eigenvalue weighted by Gasteiger charge is 2.01. The normalized spacial score (nSPS) is 12.2. The van der Waals surface area contributed by atoms with E-state index in [1.165, 1.54) is 5.75 Å². The first-order chi connectivity index (χ1) is 7.20. The van der Waals surface area contributed by atoms with Crippen LogP contribution >= 0.6 is 24.0 Å². The summed E-state index contributed by atoms with van der Waals surface area (Å²) in [6.07, 6.45) is 3.11. The second-order valence-electron chi connectivity index (χ2n) is 3.54. The lowest BCUT2D eigenvalue weighted by molar-refractivity contribution is 0.195. The minimum atomic E-state index is 0.652. The largest absolute Gasteiger partial charge is 0.385 e. The minimum Gasteiger partial charge on any atom is -0.385 e. The van der Waals surface area contributed by atoms with Gasteiger partial charge in [-0.3, -0.25) is 0 Å². The number of ether oxygens (including phenoxy) is 1. The van der Waals surface area contributed by atoms with Gasteiger partial charge in [0.25, 0.3) is 0 Å². The lowest BCUT2D eigenvalue weighted by Crippen LogP contribution is -2.38. The predicted octanol–water partition coefficient (Wildman–Crippen LogP) is 1.49. The molecule has 0 amide bonds. The molecule has 0 aromatic carbocycles. The van der Waals surface area contributed by atoms with Gasteiger partial charge in [-0.1, -0.05) is 6.92 Å². The van der Waals surface area contributed by atoms with E-state index in [1.807, 2.05) is 11.8 Å². The molecular weight excluding hydrogens is 228 g/mol. The lowest BCUT2D eigenvalue weighted by Gasteiger charge is -2.14. The summed E-state index contributed by atoms with van der Waals surface area (Å²) in [6, 6.07) is 0. The Kier molecular flexibility index (Phi) is 10.5. The monoisotopic (exact) mass is 250 g/mol. The van der Waals surface area contributed by atoms with Gasteiger partial charge in [0.05, 0.1) is 0 Å². The maximum atomic E-state index is 5.14. The van der Waals surface area contributed by atoms with Crippen molar-refractivity contribution in [1.82, 2.24) is 10.6 Å². The van der Waals surface area contributed by atoms with Crippen LogP contribution in [0.25, 0.3) is 0 Å². The van der Waals surface area contributed by atoms with Crippen molar-refractivity contribution >= 4 is 29.1 Å². The molecule has 0 spiro atoms. The smallest absolute Gasteiger partial charge is 0.166 e. The number of thioether (sulfide) groups is 1. The molecule has 0 aliphatic heterocycles. The molecule has 0 radical (unpaired) electrons. The van der Waals surface area contributed by atoms with Crippen molar-refractivity contribution in [2.75, 3.05) is 38.8 Å². The fraction of sp³-hybridized carbons (Fsp3) is 0.900. The molecule has 0 bridgehead atoms. The topological polar surface area (TPSA) is 33.3 Å². The summed E-state index contributed by atoms with van der Waals surface area (Å²) in [6.45, 7) is 4.81. The van der Waals surface area contributed by atoms with Gasteiger partial charge < -0.3 is 15.4 Å². The second kappa shape index (κ2) is 10.5. The Balaban J connectivity index is 3.32. The zero-order chi connectivity index (χ0) is 11.5. The first kappa shape index (κ1) is 15.0. The molecule has 0 aromatic rings. The summed E-state index contributed by atoms with van der Waals surface area (Å²) in [5.41, 5.74) is 0. The van der Waals surface area contributed by atoms with Gasteiger partial charge in [-0.05, 0) is 36.6 Å². The molecule has 5 heteroatoms. The van der Waals surface area contributed by atoms with Crippen LogP contribution in [0, 0.1) is 5.92 Å². The zero-order valence-corrected chi connectivity index (χ0v) is 11.5. The average molecular weight is 250 g/mol. The van der Waals surface area contributed by atoms with Crippen molar-refractivity contribution in [2.24, 2.45) is 5.92 Å². The molecule has 0 rings (SSSR count). The van der Waals surface area contributed by atoms with Crippen LogP contribution < -0.4 is 10.6 Å².